The lowest BCUT2D eigenvalue weighted by molar-refractivity contribution is 0.102. The Morgan fingerprint density at radius 1 is 1.26 bits per heavy atom. The van der Waals surface area contributed by atoms with Crippen LogP contribution in [0.15, 0.2) is 30.3 Å². The maximum Gasteiger partial charge on any atom is 0.256 e. The van der Waals surface area contributed by atoms with Gasteiger partial charge in [-0.3, -0.25) is 4.79 Å². The summed E-state index contributed by atoms with van der Waals surface area (Å²) in [6.07, 6.45) is 1.43. The van der Waals surface area contributed by atoms with E-state index in [9.17, 15) is 13.2 Å². The second-order valence-corrected chi connectivity index (χ2v) is 10.4. The molecule has 0 unspecified atom stereocenters. The average Bonchev–Trinajstić information content (AvgIpc) is 3.17. The van der Waals surface area contributed by atoms with Gasteiger partial charge in [0.25, 0.3) is 5.91 Å². The number of rotatable bonds is 4. The number of nitrogens with zero attached hydrogens (tertiary/aromatic N) is 2. The standard InChI is InChI=1S/C20H27N3O3S/c1-5-14-6-8-15(9-7-14)19(24)21-18-12-17(20(2,3)4)22-23(18)16-10-11-27(25,26)13-16/h6-9,12,16H,5,10-11,13H2,1-4H3,(H,21,24)/t16-/m1/s1. The minimum Gasteiger partial charge on any atom is -0.307 e. The Hall–Kier alpha value is -2.15. The molecule has 0 radical (unpaired) electrons. The van der Waals surface area contributed by atoms with Crippen LogP contribution in [0.25, 0.3) is 0 Å². The molecule has 3 rings (SSSR count). The van der Waals surface area contributed by atoms with Gasteiger partial charge in [-0.05, 0) is 30.5 Å². The number of hydrogen-bond donors (Lipinski definition) is 1. The highest BCUT2D eigenvalue weighted by Crippen LogP contribution is 2.31. The predicted molar refractivity (Wildman–Crippen MR) is 107 cm³/mol. The van der Waals surface area contributed by atoms with Crippen LogP contribution in [0.5, 0.6) is 0 Å². The van der Waals surface area contributed by atoms with Crippen LogP contribution in [0.3, 0.4) is 0 Å². The van der Waals surface area contributed by atoms with Crippen molar-refractivity contribution in [3.63, 3.8) is 0 Å². The molecule has 0 saturated carbocycles. The monoisotopic (exact) mass is 389 g/mol. The number of nitrogens with one attached hydrogen (secondary N) is 1. The first-order valence-corrected chi connectivity index (χ1v) is 11.1. The lowest BCUT2D eigenvalue weighted by atomic mass is 9.92. The van der Waals surface area contributed by atoms with E-state index >= 15 is 0 Å². The maximum atomic E-state index is 12.7. The van der Waals surface area contributed by atoms with Gasteiger partial charge < -0.3 is 5.32 Å². The predicted octanol–water partition coefficient (Wildman–Crippen LogP) is 3.35. The van der Waals surface area contributed by atoms with Gasteiger partial charge in [0.15, 0.2) is 9.84 Å². The number of aryl methyl sites for hydroxylation is 1. The number of aromatic nitrogens is 2. The van der Waals surface area contributed by atoms with E-state index in [1.165, 1.54) is 5.56 Å². The molecule has 1 aliphatic rings. The zero-order chi connectivity index (χ0) is 19.8. The van der Waals surface area contributed by atoms with E-state index in [0.717, 1.165) is 12.1 Å². The molecule has 6 nitrogen and oxygen atoms in total. The molecule has 1 aromatic heterocycles. The lowest BCUT2D eigenvalue weighted by Gasteiger charge is -2.15. The van der Waals surface area contributed by atoms with Gasteiger partial charge in [-0.25, -0.2) is 13.1 Å². The zero-order valence-corrected chi connectivity index (χ0v) is 17.1. The largest absolute Gasteiger partial charge is 0.307 e. The SMILES string of the molecule is CCc1ccc(C(=O)Nc2cc(C(C)(C)C)nn2[C@@H]2CCS(=O)(=O)C2)cc1. The number of benzene rings is 1. The minimum atomic E-state index is -3.05. The smallest absolute Gasteiger partial charge is 0.256 e. The third-order valence-electron chi connectivity index (χ3n) is 4.92. The normalized spacial score (nSPS) is 19.2. The van der Waals surface area contributed by atoms with E-state index in [-0.39, 0.29) is 28.9 Å². The van der Waals surface area contributed by atoms with Crippen LogP contribution in [0.1, 0.15) is 61.8 Å². The van der Waals surface area contributed by atoms with Gasteiger partial charge in [0, 0.05) is 17.0 Å². The highest BCUT2D eigenvalue weighted by Gasteiger charge is 2.33. The van der Waals surface area contributed by atoms with Crippen LogP contribution in [-0.2, 0) is 21.7 Å². The van der Waals surface area contributed by atoms with Gasteiger partial charge in [0.05, 0.1) is 23.2 Å². The Balaban J connectivity index is 1.90. The summed E-state index contributed by atoms with van der Waals surface area (Å²) in [5, 5.41) is 7.57. The van der Waals surface area contributed by atoms with Crippen molar-refractivity contribution in [2.75, 3.05) is 16.8 Å². The molecule has 1 fully saturated rings. The first-order valence-electron chi connectivity index (χ1n) is 9.30. The highest BCUT2D eigenvalue weighted by molar-refractivity contribution is 7.91. The molecule has 2 aromatic rings. The van der Waals surface area contributed by atoms with Crippen molar-refractivity contribution in [3.05, 3.63) is 47.2 Å². The second-order valence-electron chi connectivity index (χ2n) is 8.17. The molecule has 7 heteroatoms. The van der Waals surface area contributed by atoms with E-state index in [1.807, 2.05) is 39.0 Å². The van der Waals surface area contributed by atoms with Crippen molar-refractivity contribution >= 4 is 21.6 Å². The van der Waals surface area contributed by atoms with Crippen molar-refractivity contribution in [1.29, 1.82) is 0 Å². The molecule has 1 amide bonds. The molecular formula is C20H27N3O3S. The van der Waals surface area contributed by atoms with Gasteiger partial charge in [0.1, 0.15) is 5.82 Å². The fraction of sp³-hybridized carbons (Fsp3) is 0.500. The van der Waals surface area contributed by atoms with Gasteiger partial charge in [-0.1, -0.05) is 39.8 Å². The number of amides is 1. The summed E-state index contributed by atoms with van der Waals surface area (Å²) in [7, 11) is -3.05. The van der Waals surface area contributed by atoms with Gasteiger partial charge in [-0.15, -0.1) is 0 Å². The molecule has 2 heterocycles. The van der Waals surface area contributed by atoms with E-state index in [1.54, 1.807) is 16.8 Å². The van der Waals surface area contributed by atoms with Crippen LogP contribution in [0, 0.1) is 0 Å². The zero-order valence-electron chi connectivity index (χ0n) is 16.3. The number of carbonyl (C=O) groups is 1. The number of hydrogen-bond acceptors (Lipinski definition) is 4. The van der Waals surface area contributed by atoms with Crippen molar-refractivity contribution < 1.29 is 13.2 Å². The fourth-order valence-corrected chi connectivity index (χ4v) is 4.87. The molecule has 1 N–H and O–H groups in total. The Kier molecular flexibility index (Phi) is 5.16. The molecule has 27 heavy (non-hydrogen) atoms. The number of carbonyl (C=O) groups excluding carboxylic acids is 1. The molecule has 0 aliphatic carbocycles. The number of anilines is 1. The summed E-state index contributed by atoms with van der Waals surface area (Å²) in [6, 6.07) is 9.10. The highest BCUT2D eigenvalue weighted by atomic mass is 32.2. The molecule has 1 aliphatic heterocycles. The summed E-state index contributed by atoms with van der Waals surface area (Å²) in [5.41, 5.74) is 2.35. The second kappa shape index (κ2) is 7.11. The Morgan fingerprint density at radius 3 is 2.44 bits per heavy atom. The molecule has 146 valence electrons. The Labute approximate surface area is 160 Å². The van der Waals surface area contributed by atoms with Gasteiger partial charge in [0.2, 0.25) is 0 Å². The van der Waals surface area contributed by atoms with Crippen molar-refractivity contribution in [2.45, 2.75) is 52.0 Å². The van der Waals surface area contributed by atoms with E-state index in [2.05, 4.69) is 17.3 Å². The minimum absolute atomic E-state index is 0.0618. The summed E-state index contributed by atoms with van der Waals surface area (Å²) in [5.74, 6) is 0.548. The lowest BCUT2D eigenvalue weighted by Crippen LogP contribution is -2.20. The quantitative estimate of drug-likeness (QED) is 0.869. The van der Waals surface area contributed by atoms with Crippen molar-refractivity contribution in [2.24, 2.45) is 0 Å². The summed E-state index contributed by atoms with van der Waals surface area (Å²) in [4.78, 5) is 12.7. The topological polar surface area (TPSA) is 81.1 Å². The van der Waals surface area contributed by atoms with Gasteiger partial charge in [-0.2, -0.15) is 5.10 Å². The Morgan fingerprint density at radius 2 is 1.93 bits per heavy atom. The Bertz CT molecular complexity index is 938. The molecular weight excluding hydrogens is 362 g/mol. The first-order chi connectivity index (χ1) is 12.6. The van der Waals surface area contributed by atoms with Crippen molar-refractivity contribution in [3.8, 4) is 0 Å². The van der Waals surface area contributed by atoms with Crippen LogP contribution >= 0.6 is 0 Å². The molecule has 1 atom stereocenters. The van der Waals surface area contributed by atoms with Crippen LogP contribution in [0.2, 0.25) is 0 Å². The van der Waals surface area contributed by atoms with Gasteiger partial charge >= 0.3 is 0 Å². The average molecular weight is 390 g/mol. The summed E-state index contributed by atoms with van der Waals surface area (Å²) in [6.45, 7) is 8.19. The molecule has 1 saturated heterocycles. The maximum absolute atomic E-state index is 12.7. The third kappa shape index (κ3) is 4.40. The molecule has 0 bridgehead atoms. The van der Waals surface area contributed by atoms with Crippen LogP contribution in [-0.4, -0.2) is 35.6 Å². The van der Waals surface area contributed by atoms with Crippen molar-refractivity contribution in [1.82, 2.24) is 9.78 Å². The summed E-state index contributed by atoms with van der Waals surface area (Å²) < 4.78 is 25.5. The summed E-state index contributed by atoms with van der Waals surface area (Å²) >= 11 is 0. The fourth-order valence-electron chi connectivity index (χ4n) is 3.18. The van der Waals surface area contributed by atoms with E-state index < -0.39 is 9.84 Å². The van der Waals surface area contributed by atoms with Crippen LogP contribution in [0.4, 0.5) is 5.82 Å². The number of sulfone groups is 1. The molecule has 0 spiro atoms. The third-order valence-corrected chi connectivity index (χ3v) is 6.67. The molecule has 1 aromatic carbocycles. The van der Waals surface area contributed by atoms with Crippen LogP contribution < -0.4 is 5.32 Å². The van der Waals surface area contributed by atoms with E-state index in [0.29, 0.717) is 17.8 Å². The van der Waals surface area contributed by atoms with E-state index in [4.69, 9.17) is 0 Å². The first kappa shape index (κ1) is 19.6.